The zero-order valence-corrected chi connectivity index (χ0v) is 8.59. The lowest BCUT2D eigenvalue weighted by atomic mass is 10.0. The number of rotatable bonds is 4. The number of benzene rings is 1. The molecule has 1 rings (SSSR count). The van der Waals surface area contributed by atoms with Crippen LogP contribution in [0.15, 0.2) is 30.3 Å². The number of methoxy groups -OCH3 is 1. The molecule has 15 heavy (non-hydrogen) atoms. The lowest BCUT2D eigenvalue weighted by molar-refractivity contribution is -0.151. The summed E-state index contributed by atoms with van der Waals surface area (Å²) in [6.07, 6.45) is -0.827. The minimum absolute atomic E-state index is 0.442. The lowest BCUT2D eigenvalue weighted by Gasteiger charge is -2.16. The first kappa shape index (κ1) is 11.7. The van der Waals surface area contributed by atoms with E-state index in [2.05, 4.69) is 4.74 Å². The fourth-order valence-electron chi connectivity index (χ4n) is 1.29. The Bertz CT molecular complexity index is 313. The van der Waals surface area contributed by atoms with Gasteiger partial charge >= 0.3 is 5.97 Å². The summed E-state index contributed by atoms with van der Waals surface area (Å²) in [4.78, 5) is 11.0. The van der Waals surface area contributed by atoms with Crippen LogP contribution in [-0.2, 0) is 16.0 Å². The second kappa shape index (κ2) is 5.48. The lowest BCUT2D eigenvalue weighted by Crippen LogP contribution is -2.42. The van der Waals surface area contributed by atoms with E-state index in [1.807, 2.05) is 30.3 Å². The molecule has 1 aromatic rings. The fourth-order valence-corrected chi connectivity index (χ4v) is 1.29. The average molecular weight is 209 g/mol. The van der Waals surface area contributed by atoms with Gasteiger partial charge in [0, 0.05) is 6.04 Å². The van der Waals surface area contributed by atoms with Crippen LogP contribution in [-0.4, -0.2) is 30.3 Å². The molecule has 4 heteroatoms. The van der Waals surface area contributed by atoms with Gasteiger partial charge in [-0.05, 0) is 12.0 Å². The first-order chi connectivity index (χ1) is 7.15. The van der Waals surface area contributed by atoms with Crippen molar-refractivity contribution in [3.63, 3.8) is 0 Å². The molecule has 0 saturated carbocycles. The molecular weight excluding hydrogens is 194 g/mol. The second-order valence-electron chi connectivity index (χ2n) is 3.32. The molecular formula is C11H15NO3. The Morgan fingerprint density at radius 2 is 2.07 bits per heavy atom. The van der Waals surface area contributed by atoms with Crippen LogP contribution in [0.1, 0.15) is 5.56 Å². The van der Waals surface area contributed by atoms with Crippen molar-refractivity contribution in [1.82, 2.24) is 0 Å². The van der Waals surface area contributed by atoms with E-state index in [4.69, 9.17) is 5.73 Å². The van der Waals surface area contributed by atoms with Crippen LogP contribution in [0.4, 0.5) is 0 Å². The predicted molar refractivity (Wildman–Crippen MR) is 56.1 cm³/mol. The normalized spacial score (nSPS) is 14.3. The number of carbonyl (C=O) groups is 1. The first-order valence-corrected chi connectivity index (χ1v) is 4.70. The molecule has 0 heterocycles. The summed E-state index contributed by atoms with van der Waals surface area (Å²) in [5.74, 6) is -0.696. The highest BCUT2D eigenvalue weighted by Gasteiger charge is 2.23. The van der Waals surface area contributed by atoms with Gasteiger partial charge in [0.2, 0.25) is 0 Å². The molecule has 0 bridgehead atoms. The molecule has 0 aliphatic rings. The molecule has 0 fully saturated rings. The van der Waals surface area contributed by atoms with E-state index in [0.29, 0.717) is 6.42 Å². The van der Waals surface area contributed by atoms with Crippen LogP contribution in [0.2, 0.25) is 0 Å². The SMILES string of the molecule is COC(=O)[C@H](O)[C@H](N)Cc1ccccc1. The molecule has 3 N–H and O–H groups in total. The predicted octanol–water partition coefficient (Wildman–Crippen LogP) is 0.0903. The van der Waals surface area contributed by atoms with E-state index < -0.39 is 18.1 Å². The zero-order valence-electron chi connectivity index (χ0n) is 8.59. The highest BCUT2D eigenvalue weighted by Crippen LogP contribution is 2.05. The van der Waals surface area contributed by atoms with Gasteiger partial charge in [-0.3, -0.25) is 0 Å². The van der Waals surface area contributed by atoms with Crippen LogP contribution in [0, 0.1) is 0 Å². The minimum Gasteiger partial charge on any atom is -0.467 e. The molecule has 0 radical (unpaired) electrons. The standard InChI is InChI=1S/C11H15NO3/c1-15-11(14)10(13)9(12)7-8-5-3-2-4-6-8/h2-6,9-10,13H,7,12H2,1H3/t9-,10-/m1/s1. The number of aliphatic hydroxyl groups is 1. The van der Waals surface area contributed by atoms with Crippen LogP contribution in [0.5, 0.6) is 0 Å². The van der Waals surface area contributed by atoms with E-state index in [9.17, 15) is 9.90 Å². The summed E-state index contributed by atoms with van der Waals surface area (Å²) < 4.78 is 4.40. The van der Waals surface area contributed by atoms with Crippen molar-refractivity contribution in [2.45, 2.75) is 18.6 Å². The molecule has 4 nitrogen and oxygen atoms in total. The van der Waals surface area contributed by atoms with Crippen molar-refractivity contribution in [3.8, 4) is 0 Å². The van der Waals surface area contributed by atoms with Crippen molar-refractivity contribution >= 4 is 5.97 Å². The number of carbonyl (C=O) groups excluding carboxylic acids is 1. The highest BCUT2D eigenvalue weighted by molar-refractivity contribution is 5.75. The van der Waals surface area contributed by atoms with Crippen molar-refractivity contribution in [1.29, 1.82) is 0 Å². The van der Waals surface area contributed by atoms with Crippen molar-refractivity contribution in [3.05, 3.63) is 35.9 Å². The van der Waals surface area contributed by atoms with E-state index in [1.165, 1.54) is 7.11 Å². The molecule has 0 amide bonds. The van der Waals surface area contributed by atoms with Crippen molar-refractivity contribution in [2.75, 3.05) is 7.11 Å². The van der Waals surface area contributed by atoms with E-state index in [-0.39, 0.29) is 0 Å². The summed E-state index contributed by atoms with van der Waals surface area (Å²) >= 11 is 0. The monoisotopic (exact) mass is 209 g/mol. The van der Waals surface area contributed by atoms with Gasteiger partial charge in [-0.2, -0.15) is 0 Å². The third-order valence-electron chi connectivity index (χ3n) is 2.16. The van der Waals surface area contributed by atoms with E-state index in [0.717, 1.165) is 5.56 Å². The second-order valence-corrected chi connectivity index (χ2v) is 3.32. The third kappa shape index (κ3) is 3.34. The maximum Gasteiger partial charge on any atom is 0.336 e. The summed E-state index contributed by atoms with van der Waals surface area (Å²) in [7, 11) is 1.22. The molecule has 0 aromatic heterocycles. The third-order valence-corrected chi connectivity index (χ3v) is 2.16. The molecule has 2 atom stereocenters. The van der Waals surface area contributed by atoms with Crippen molar-refractivity contribution < 1.29 is 14.6 Å². The summed E-state index contributed by atoms with van der Waals surface area (Å²) in [5.41, 5.74) is 6.65. The van der Waals surface area contributed by atoms with Gasteiger partial charge in [-0.1, -0.05) is 30.3 Å². The van der Waals surface area contributed by atoms with Crippen molar-refractivity contribution in [2.24, 2.45) is 5.73 Å². The Morgan fingerprint density at radius 3 is 2.60 bits per heavy atom. The number of ether oxygens (including phenoxy) is 1. The molecule has 0 aliphatic heterocycles. The van der Waals surface area contributed by atoms with Gasteiger partial charge in [0.05, 0.1) is 7.11 Å². The quantitative estimate of drug-likeness (QED) is 0.689. The van der Waals surface area contributed by atoms with Gasteiger partial charge in [0.1, 0.15) is 0 Å². The summed E-state index contributed by atoms with van der Waals surface area (Å²) in [6.45, 7) is 0. The summed E-state index contributed by atoms with van der Waals surface area (Å²) in [5, 5.41) is 9.45. The van der Waals surface area contributed by atoms with Crippen LogP contribution < -0.4 is 5.73 Å². The number of hydrogen-bond donors (Lipinski definition) is 2. The first-order valence-electron chi connectivity index (χ1n) is 4.70. The highest BCUT2D eigenvalue weighted by atomic mass is 16.5. The van der Waals surface area contributed by atoms with E-state index >= 15 is 0 Å². The Morgan fingerprint density at radius 1 is 1.47 bits per heavy atom. The average Bonchev–Trinajstić information content (AvgIpc) is 2.28. The Hall–Kier alpha value is -1.39. The van der Waals surface area contributed by atoms with Gasteiger partial charge in [-0.15, -0.1) is 0 Å². The van der Waals surface area contributed by atoms with Gasteiger partial charge < -0.3 is 15.6 Å². The zero-order chi connectivity index (χ0) is 11.3. The van der Waals surface area contributed by atoms with E-state index in [1.54, 1.807) is 0 Å². The molecule has 1 aromatic carbocycles. The summed E-state index contributed by atoms with van der Waals surface area (Å²) in [6, 6.07) is 8.80. The smallest absolute Gasteiger partial charge is 0.336 e. The van der Waals surface area contributed by atoms with Crippen LogP contribution >= 0.6 is 0 Å². The van der Waals surface area contributed by atoms with Gasteiger partial charge in [-0.25, -0.2) is 4.79 Å². The van der Waals surface area contributed by atoms with Gasteiger partial charge in [0.15, 0.2) is 6.10 Å². The van der Waals surface area contributed by atoms with Crippen LogP contribution in [0.25, 0.3) is 0 Å². The maximum atomic E-state index is 11.0. The molecule has 0 unspecified atom stereocenters. The molecule has 82 valence electrons. The molecule has 0 aliphatic carbocycles. The minimum atomic E-state index is -1.27. The molecule has 0 saturated heterocycles. The topological polar surface area (TPSA) is 72.5 Å². The number of aliphatic hydroxyl groups excluding tert-OH is 1. The number of hydrogen-bond acceptors (Lipinski definition) is 4. The Labute approximate surface area is 88.7 Å². The number of nitrogens with two attached hydrogens (primary N) is 1. The number of esters is 1. The molecule has 0 spiro atoms. The largest absolute Gasteiger partial charge is 0.467 e. The van der Waals surface area contributed by atoms with Crippen LogP contribution in [0.3, 0.4) is 0 Å². The maximum absolute atomic E-state index is 11.0. The Balaban J connectivity index is 2.56. The Kier molecular flexibility index (Phi) is 4.27. The van der Waals surface area contributed by atoms with Gasteiger partial charge in [0.25, 0.3) is 0 Å². The fraction of sp³-hybridized carbons (Fsp3) is 0.364.